The lowest BCUT2D eigenvalue weighted by molar-refractivity contribution is 0.286. The van der Waals surface area contributed by atoms with Crippen molar-refractivity contribution in [3.05, 3.63) is 14.9 Å². The third kappa shape index (κ3) is 3.53. The Morgan fingerprint density at radius 2 is 2.11 bits per heavy atom. The Kier molecular flexibility index (Phi) is 4.99. The average molecular weight is 387 g/mol. The first kappa shape index (κ1) is 15.8. The van der Waals surface area contributed by atoms with Crippen LogP contribution in [-0.4, -0.2) is 15.0 Å². The van der Waals surface area contributed by atoms with Crippen molar-refractivity contribution < 1.29 is 8.42 Å². The SMILES string of the molecule is CCC1(CNS(=O)(=O)c2cc(Cl)c(Br)s2)CCCC1. The predicted octanol–water partition coefficient (Wildman–Crippen LogP) is 4.41. The molecule has 1 saturated carbocycles. The van der Waals surface area contributed by atoms with E-state index in [1.54, 1.807) is 0 Å². The number of thiophene rings is 1. The topological polar surface area (TPSA) is 46.2 Å². The second kappa shape index (κ2) is 6.02. The fraction of sp³-hybridized carbons (Fsp3) is 0.667. The van der Waals surface area contributed by atoms with Crippen molar-refractivity contribution in [2.75, 3.05) is 6.54 Å². The molecule has 1 aliphatic carbocycles. The minimum absolute atomic E-state index is 0.144. The van der Waals surface area contributed by atoms with E-state index in [0.29, 0.717) is 15.4 Å². The van der Waals surface area contributed by atoms with Crippen molar-refractivity contribution in [1.29, 1.82) is 0 Å². The summed E-state index contributed by atoms with van der Waals surface area (Å²) >= 11 is 10.3. The van der Waals surface area contributed by atoms with Gasteiger partial charge in [-0.05, 0) is 46.7 Å². The molecule has 7 heteroatoms. The zero-order valence-corrected chi connectivity index (χ0v) is 14.7. The molecule has 2 rings (SSSR count). The van der Waals surface area contributed by atoms with E-state index in [4.69, 9.17) is 11.6 Å². The highest BCUT2D eigenvalue weighted by Crippen LogP contribution is 2.41. The summed E-state index contributed by atoms with van der Waals surface area (Å²) in [5.41, 5.74) is 0.144. The number of hydrogen-bond acceptors (Lipinski definition) is 3. The number of sulfonamides is 1. The van der Waals surface area contributed by atoms with Crippen LogP contribution < -0.4 is 4.72 Å². The first-order valence-corrected chi connectivity index (χ1v) is 9.80. The normalized spacial score (nSPS) is 18.9. The second-order valence-corrected chi connectivity index (χ2v) is 9.84. The maximum atomic E-state index is 12.2. The van der Waals surface area contributed by atoms with Crippen molar-refractivity contribution in [2.24, 2.45) is 5.41 Å². The molecule has 1 aliphatic rings. The van der Waals surface area contributed by atoms with Crippen molar-refractivity contribution in [1.82, 2.24) is 4.72 Å². The monoisotopic (exact) mass is 385 g/mol. The van der Waals surface area contributed by atoms with E-state index < -0.39 is 10.0 Å². The standard InChI is InChI=1S/C12H17BrClNO2S2/c1-2-12(5-3-4-6-12)8-15-19(16,17)10-7-9(14)11(13)18-10/h7,15H,2-6,8H2,1H3. The predicted molar refractivity (Wildman–Crippen MR) is 83.4 cm³/mol. The molecule has 0 radical (unpaired) electrons. The third-order valence-corrected chi connectivity index (χ3v) is 8.29. The molecule has 1 fully saturated rings. The Labute approximate surface area is 131 Å². The van der Waals surface area contributed by atoms with Crippen LogP contribution in [0.4, 0.5) is 0 Å². The maximum absolute atomic E-state index is 12.2. The zero-order valence-electron chi connectivity index (χ0n) is 10.7. The summed E-state index contributed by atoms with van der Waals surface area (Å²) < 4.78 is 28.1. The van der Waals surface area contributed by atoms with Gasteiger partial charge in [-0.25, -0.2) is 13.1 Å². The molecule has 3 nitrogen and oxygen atoms in total. The largest absolute Gasteiger partial charge is 0.250 e. The highest BCUT2D eigenvalue weighted by molar-refractivity contribution is 9.11. The minimum Gasteiger partial charge on any atom is -0.210 e. The van der Waals surface area contributed by atoms with Gasteiger partial charge in [-0.1, -0.05) is 31.4 Å². The summed E-state index contributed by atoms with van der Waals surface area (Å²) in [7, 11) is -3.44. The van der Waals surface area contributed by atoms with Crippen LogP contribution in [0.1, 0.15) is 39.0 Å². The Morgan fingerprint density at radius 1 is 1.47 bits per heavy atom. The number of rotatable bonds is 5. The van der Waals surface area contributed by atoms with E-state index in [1.165, 1.54) is 18.9 Å². The fourth-order valence-electron chi connectivity index (χ4n) is 2.56. The van der Waals surface area contributed by atoms with Gasteiger partial charge in [0, 0.05) is 6.54 Å². The van der Waals surface area contributed by atoms with Crippen LogP contribution >= 0.6 is 38.9 Å². The highest BCUT2D eigenvalue weighted by Gasteiger charge is 2.33. The number of halogens is 2. The first-order chi connectivity index (χ1) is 8.88. The molecule has 1 heterocycles. The van der Waals surface area contributed by atoms with Gasteiger partial charge < -0.3 is 0 Å². The lowest BCUT2D eigenvalue weighted by Crippen LogP contribution is -2.35. The molecule has 0 bridgehead atoms. The molecule has 0 saturated heterocycles. The van der Waals surface area contributed by atoms with Crippen molar-refractivity contribution in [3.8, 4) is 0 Å². The van der Waals surface area contributed by atoms with Gasteiger partial charge >= 0.3 is 0 Å². The maximum Gasteiger partial charge on any atom is 0.250 e. The lowest BCUT2D eigenvalue weighted by atomic mass is 9.84. The molecule has 0 aliphatic heterocycles. The molecule has 0 spiro atoms. The Balaban J connectivity index is 2.09. The van der Waals surface area contributed by atoms with E-state index in [0.717, 1.165) is 30.6 Å². The number of nitrogens with one attached hydrogen (secondary N) is 1. The van der Waals surface area contributed by atoms with Crippen molar-refractivity contribution in [3.63, 3.8) is 0 Å². The molecule has 0 atom stereocenters. The number of hydrogen-bond donors (Lipinski definition) is 1. The minimum atomic E-state index is -3.44. The zero-order chi connectivity index (χ0) is 14.1. The Hall–Kier alpha value is 0.380. The van der Waals surface area contributed by atoms with Crippen LogP contribution in [0.5, 0.6) is 0 Å². The molecular weight excluding hydrogens is 370 g/mol. The fourth-order valence-corrected chi connectivity index (χ4v) is 6.16. The Morgan fingerprint density at radius 3 is 2.58 bits per heavy atom. The molecular formula is C12H17BrClNO2S2. The van der Waals surface area contributed by atoms with Gasteiger partial charge in [0.25, 0.3) is 0 Å². The van der Waals surface area contributed by atoms with Crippen LogP contribution in [-0.2, 0) is 10.0 Å². The van der Waals surface area contributed by atoms with Crippen LogP contribution in [0.25, 0.3) is 0 Å². The smallest absolute Gasteiger partial charge is 0.210 e. The van der Waals surface area contributed by atoms with E-state index in [2.05, 4.69) is 27.6 Å². The lowest BCUT2D eigenvalue weighted by Gasteiger charge is -2.27. The molecule has 0 amide bonds. The summed E-state index contributed by atoms with van der Waals surface area (Å²) in [4.78, 5) is 0. The van der Waals surface area contributed by atoms with Gasteiger partial charge in [0.1, 0.15) is 4.21 Å². The van der Waals surface area contributed by atoms with Crippen LogP contribution in [0.3, 0.4) is 0 Å². The van der Waals surface area contributed by atoms with Gasteiger partial charge in [0.2, 0.25) is 10.0 Å². The summed E-state index contributed by atoms with van der Waals surface area (Å²) in [5, 5.41) is 0.441. The molecule has 108 valence electrons. The van der Waals surface area contributed by atoms with Gasteiger partial charge in [-0.3, -0.25) is 0 Å². The van der Waals surface area contributed by atoms with Crippen LogP contribution in [0.2, 0.25) is 5.02 Å². The van der Waals surface area contributed by atoms with E-state index in [-0.39, 0.29) is 9.62 Å². The van der Waals surface area contributed by atoms with Gasteiger partial charge in [0.05, 0.1) is 8.81 Å². The van der Waals surface area contributed by atoms with E-state index in [1.807, 2.05) is 0 Å². The molecule has 0 unspecified atom stereocenters. The molecule has 1 aromatic rings. The molecule has 19 heavy (non-hydrogen) atoms. The van der Waals surface area contributed by atoms with Crippen LogP contribution in [0, 0.1) is 5.41 Å². The van der Waals surface area contributed by atoms with Crippen molar-refractivity contribution >= 4 is 48.9 Å². The third-order valence-electron chi connectivity index (χ3n) is 3.94. The molecule has 0 aromatic carbocycles. The first-order valence-electron chi connectivity index (χ1n) is 6.33. The molecule has 1 N–H and O–H groups in total. The average Bonchev–Trinajstić information content (AvgIpc) is 2.96. The summed E-state index contributed by atoms with van der Waals surface area (Å²) in [6.45, 7) is 2.66. The Bertz CT molecular complexity index is 531. The summed E-state index contributed by atoms with van der Waals surface area (Å²) in [6.07, 6.45) is 5.64. The summed E-state index contributed by atoms with van der Waals surface area (Å²) in [5.74, 6) is 0. The van der Waals surface area contributed by atoms with Gasteiger partial charge in [-0.2, -0.15) is 0 Å². The van der Waals surface area contributed by atoms with Gasteiger partial charge in [-0.15, -0.1) is 11.3 Å². The second-order valence-electron chi connectivity index (χ2n) is 5.07. The summed E-state index contributed by atoms with van der Waals surface area (Å²) in [6, 6.07) is 1.49. The van der Waals surface area contributed by atoms with E-state index >= 15 is 0 Å². The highest BCUT2D eigenvalue weighted by atomic mass is 79.9. The van der Waals surface area contributed by atoms with E-state index in [9.17, 15) is 8.42 Å². The quantitative estimate of drug-likeness (QED) is 0.814. The van der Waals surface area contributed by atoms with Gasteiger partial charge in [0.15, 0.2) is 0 Å². The van der Waals surface area contributed by atoms with Crippen LogP contribution in [0.15, 0.2) is 14.1 Å². The molecule has 1 aromatic heterocycles. The van der Waals surface area contributed by atoms with Crippen molar-refractivity contribution in [2.45, 2.75) is 43.2 Å².